The molecule has 1 amide bonds. The zero-order valence-electron chi connectivity index (χ0n) is 10.8. The van der Waals surface area contributed by atoms with E-state index in [-0.39, 0.29) is 18.6 Å². The van der Waals surface area contributed by atoms with E-state index in [0.717, 1.165) is 0 Å². The van der Waals surface area contributed by atoms with Crippen LogP contribution in [0.2, 0.25) is 0 Å². The Hall–Kier alpha value is -2.48. The Balaban J connectivity index is 2.16. The minimum absolute atomic E-state index is 0.185. The molecule has 0 saturated heterocycles. The van der Waals surface area contributed by atoms with E-state index in [1.165, 1.54) is 24.0 Å². The summed E-state index contributed by atoms with van der Waals surface area (Å²) in [5.41, 5.74) is 0.607. The van der Waals surface area contributed by atoms with Crippen molar-refractivity contribution in [1.29, 1.82) is 0 Å². The number of rotatable bonds is 6. The fourth-order valence-corrected chi connectivity index (χ4v) is 1.72. The van der Waals surface area contributed by atoms with Gasteiger partial charge in [0.15, 0.2) is 5.65 Å². The van der Waals surface area contributed by atoms with Crippen molar-refractivity contribution in [3.63, 3.8) is 0 Å². The van der Waals surface area contributed by atoms with Crippen LogP contribution >= 0.6 is 0 Å². The molecule has 0 aliphatic carbocycles. The molecular formula is C12H14N4O4. The van der Waals surface area contributed by atoms with Crippen LogP contribution in [0.1, 0.15) is 16.8 Å². The first-order valence-electron chi connectivity index (χ1n) is 5.94. The van der Waals surface area contributed by atoms with Gasteiger partial charge < -0.3 is 15.2 Å². The van der Waals surface area contributed by atoms with E-state index in [1.807, 2.05) is 0 Å². The Bertz CT molecular complexity index is 625. The first-order chi connectivity index (χ1) is 9.63. The smallest absolute Gasteiger partial charge is 0.326 e. The molecule has 0 bridgehead atoms. The van der Waals surface area contributed by atoms with Crippen LogP contribution in [-0.2, 0) is 9.53 Å². The van der Waals surface area contributed by atoms with Gasteiger partial charge in [-0.2, -0.15) is 5.10 Å². The van der Waals surface area contributed by atoms with Gasteiger partial charge in [0.1, 0.15) is 11.6 Å². The van der Waals surface area contributed by atoms with Crippen molar-refractivity contribution in [2.24, 2.45) is 0 Å². The number of nitrogens with one attached hydrogen (secondary N) is 1. The molecule has 8 nitrogen and oxygen atoms in total. The second kappa shape index (κ2) is 6.11. The Morgan fingerprint density at radius 3 is 3.05 bits per heavy atom. The first kappa shape index (κ1) is 13.9. The third-order valence-electron chi connectivity index (χ3n) is 2.74. The Morgan fingerprint density at radius 2 is 2.35 bits per heavy atom. The molecule has 2 aromatic heterocycles. The van der Waals surface area contributed by atoms with Gasteiger partial charge >= 0.3 is 5.97 Å². The molecule has 0 radical (unpaired) electrons. The van der Waals surface area contributed by atoms with Gasteiger partial charge in [-0.25, -0.2) is 14.3 Å². The quantitative estimate of drug-likeness (QED) is 0.767. The summed E-state index contributed by atoms with van der Waals surface area (Å²) in [5.74, 6) is -1.64. The lowest BCUT2D eigenvalue weighted by Crippen LogP contribution is -2.41. The number of methoxy groups -OCH3 is 1. The third kappa shape index (κ3) is 2.91. The van der Waals surface area contributed by atoms with Crippen LogP contribution in [-0.4, -0.2) is 51.3 Å². The molecule has 0 aromatic carbocycles. The van der Waals surface area contributed by atoms with Gasteiger partial charge in [0, 0.05) is 32.5 Å². The number of ether oxygens (including phenoxy) is 1. The summed E-state index contributed by atoms with van der Waals surface area (Å²) in [6.07, 6.45) is 4.73. The summed E-state index contributed by atoms with van der Waals surface area (Å²) in [6, 6.07) is 0.668. The molecule has 1 atom stereocenters. The summed E-state index contributed by atoms with van der Waals surface area (Å²) >= 11 is 0. The maximum Gasteiger partial charge on any atom is 0.326 e. The molecule has 0 saturated carbocycles. The number of amides is 1. The number of nitrogens with zero attached hydrogens (tertiary/aromatic N) is 3. The number of carboxylic acids is 1. The Morgan fingerprint density at radius 1 is 1.55 bits per heavy atom. The van der Waals surface area contributed by atoms with Gasteiger partial charge in [0.2, 0.25) is 0 Å². The molecule has 8 heteroatoms. The van der Waals surface area contributed by atoms with E-state index in [1.54, 1.807) is 12.3 Å². The van der Waals surface area contributed by atoms with Gasteiger partial charge in [-0.05, 0) is 6.07 Å². The van der Waals surface area contributed by atoms with Gasteiger partial charge in [-0.15, -0.1) is 0 Å². The molecule has 2 N–H and O–H groups in total. The number of aliphatic carboxylic acids is 1. The topological polar surface area (TPSA) is 106 Å². The average molecular weight is 278 g/mol. The summed E-state index contributed by atoms with van der Waals surface area (Å²) in [6.45, 7) is 0.240. The van der Waals surface area contributed by atoms with Crippen molar-refractivity contribution in [3.05, 3.63) is 30.2 Å². The number of fused-ring (bicyclic) bond motifs is 1. The highest BCUT2D eigenvalue weighted by molar-refractivity contribution is 6.01. The third-order valence-corrected chi connectivity index (χ3v) is 2.74. The van der Waals surface area contributed by atoms with Gasteiger partial charge in [0.25, 0.3) is 5.91 Å². The highest BCUT2D eigenvalue weighted by atomic mass is 16.5. The lowest BCUT2D eigenvalue weighted by molar-refractivity contribution is -0.139. The molecule has 20 heavy (non-hydrogen) atoms. The maximum atomic E-state index is 12.1. The van der Waals surface area contributed by atoms with Crippen LogP contribution < -0.4 is 5.32 Å². The number of carbonyl (C=O) groups excluding carboxylic acids is 1. The number of hydrogen-bond donors (Lipinski definition) is 2. The van der Waals surface area contributed by atoms with Crippen LogP contribution in [0.3, 0.4) is 0 Å². The minimum Gasteiger partial charge on any atom is -0.480 e. The normalized spacial score (nSPS) is 12.2. The molecule has 0 aliphatic rings. The number of carboxylic acid groups (broad SMARTS) is 1. The second-order valence-electron chi connectivity index (χ2n) is 4.09. The molecule has 0 fully saturated rings. The summed E-state index contributed by atoms with van der Waals surface area (Å²) in [5, 5.41) is 15.5. The summed E-state index contributed by atoms with van der Waals surface area (Å²) < 4.78 is 6.27. The fraction of sp³-hybridized carbons (Fsp3) is 0.333. The van der Waals surface area contributed by atoms with E-state index in [4.69, 9.17) is 9.84 Å². The molecule has 0 spiro atoms. The minimum atomic E-state index is -1.11. The van der Waals surface area contributed by atoms with Crippen molar-refractivity contribution in [1.82, 2.24) is 19.9 Å². The van der Waals surface area contributed by atoms with Gasteiger partial charge in [-0.3, -0.25) is 4.79 Å². The number of carbonyl (C=O) groups is 2. The van der Waals surface area contributed by atoms with E-state index in [9.17, 15) is 9.59 Å². The molecule has 1 unspecified atom stereocenters. The number of aromatic nitrogens is 3. The van der Waals surface area contributed by atoms with Gasteiger partial charge in [0.05, 0.1) is 6.20 Å². The van der Waals surface area contributed by atoms with Crippen molar-refractivity contribution in [3.8, 4) is 0 Å². The van der Waals surface area contributed by atoms with Crippen LogP contribution in [0.25, 0.3) is 5.65 Å². The molecule has 0 aliphatic heterocycles. The Labute approximate surface area is 114 Å². The van der Waals surface area contributed by atoms with E-state index in [2.05, 4.69) is 15.4 Å². The van der Waals surface area contributed by atoms with Crippen molar-refractivity contribution in [2.75, 3.05) is 13.7 Å². The monoisotopic (exact) mass is 278 g/mol. The highest BCUT2D eigenvalue weighted by Gasteiger charge is 2.22. The Kier molecular flexibility index (Phi) is 4.26. The van der Waals surface area contributed by atoms with Gasteiger partial charge in [-0.1, -0.05) is 0 Å². The van der Waals surface area contributed by atoms with Crippen LogP contribution in [0.15, 0.2) is 24.7 Å². The first-order valence-corrected chi connectivity index (χ1v) is 5.94. The second-order valence-corrected chi connectivity index (χ2v) is 4.09. The summed E-state index contributed by atoms with van der Waals surface area (Å²) in [4.78, 5) is 27.2. The molecular weight excluding hydrogens is 264 g/mol. The maximum absolute atomic E-state index is 12.1. The van der Waals surface area contributed by atoms with Crippen LogP contribution in [0, 0.1) is 0 Å². The molecule has 2 heterocycles. The largest absolute Gasteiger partial charge is 0.480 e. The summed E-state index contributed by atoms with van der Waals surface area (Å²) in [7, 11) is 1.47. The zero-order valence-corrected chi connectivity index (χ0v) is 10.8. The molecule has 106 valence electrons. The van der Waals surface area contributed by atoms with E-state index < -0.39 is 17.9 Å². The predicted molar refractivity (Wildman–Crippen MR) is 68.4 cm³/mol. The standard InChI is InChI=1S/C12H14N4O4/c1-20-6-3-9(12(18)19)15-11(17)8-7-14-16-5-2-4-13-10(8)16/h2,4-5,7,9H,3,6H2,1H3,(H,15,17)(H,18,19). The van der Waals surface area contributed by atoms with Crippen LogP contribution in [0.5, 0.6) is 0 Å². The SMILES string of the molecule is COCCC(NC(=O)c1cnn2cccnc12)C(=O)O. The van der Waals surface area contributed by atoms with Crippen molar-refractivity contribution < 1.29 is 19.4 Å². The van der Waals surface area contributed by atoms with Crippen molar-refractivity contribution >= 4 is 17.5 Å². The fourth-order valence-electron chi connectivity index (χ4n) is 1.72. The highest BCUT2D eigenvalue weighted by Crippen LogP contribution is 2.07. The number of hydrogen-bond acceptors (Lipinski definition) is 5. The average Bonchev–Trinajstić information content (AvgIpc) is 2.87. The predicted octanol–water partition coefficient (Wildman–Crippen LogP) is -0.0512. The van der Waals surface area contributed by atoms with E-state index >= 15 is 0 Å². The van der Waals surface area contributed by atoms with Crippen molar-refractivity contribution in [2.45, 2.75) is 12.5 Å². The molecule has 2 rings (SSSR count). The lowest BCUT2D eigenvalue weighted by Gasteiger charge is -2.13. The van der Waals surface area contributed by atoms with E-state index in [0.29, 0.717) is 5.65 Å². The lowest BCUT2D eigenvalue weighted by atomic mass is 10.2. The van der Waals surface area contributed by atoms with Crippen LogP contribution in [0.4, 0.5) is 0 Å². The molecule has 2 aromatic rings. The zero-order chi connectivity index (χ0) is 14.5.